The van der Waals surface area contributed by atoms with Gasteiger partial charge in [-0.05, 0) is 137 Å². The Morgan fingerprint density at radius 3 is 1.43 bits per heavy atom. The largest absolute Gasteiger partial charge is 0.488 e. The van der Waals surface area contributed by atoms with E-state index in [1.165, 1.54) is 18.7 Å². The van der Waals surface area contributed by atoms with Crippen molar-refractivity contribution in [2.45, 2.75) is 25.3 Å². The lowest BCUT2D eigenvalue weighted by molar-refractivity contribution is 0.426. The molecule has 0 radical (unpaired) electrons. The van der Waals surface area contributed by atoms with Gasteiger partial charge < -0.3 is 10.0 Å². The Morgan fingerprint density at radius 1 is 0.507 bits per heavy atom. The maximum absolute atomic E-state index is 9.25. The number of alkyl halides is 1. The Morgan fingerprint density at radius 2 is 0.957 bits per heavy atom. The highest BCUT2D eigenvalue weighted by molar-refractivity contribution is 9.11. The molecule has 0 aliphatic rings. The lowest BCUT2D eigenvalue weighted by atomic mass is 9.80. The molecule has 69 heavy (non-hydrogen) atoms. The van der Waals surface area contributed by atoms with Gasteiger partial charge in [-0.2, -0.15) is 41.8 Å². The molecule has 0 aliphatic heterocycles. The van der Waals surface area contributed by atoms with Crippen molar-refractivity contribution >= 4 is 76.3 Å². The van der Waals surface area contributed by atoms with E-state index in [0.717, 1.165) is 63.3 Å². The highest BCUT2D eigenvalue weighted by Gasteiger charge is 2.10. The zero-order valence-electron chi connectivity index (χ0n) is 36.3. The van der Waals surface area contributed by atoms with Gasteiger partial charge in [0, 0.05) is 18.7 Å². The van der Waals surface area contributed by atoms with E-state index >= 15 is 0 Å². The third-order valence-corrected chi connectivity index (χ3v) is 11.4. The summed E-state index contributed by atoms with van der Waals surface area (Å²) in [7, 11) is -1.50. The minimum Gasteiger partial charge on any atom is -0.423 e. The van der Waals surface area contributed by atoms with Crippen molar-refractivity contribution in [1.82, 2.24) is 29.5 Å². The zero-order valence-corrected chi connectivity index (χ0v) is 42.7. The van der Waals surface area contributed by atoms with Gasteiger partial charge in [-0.15, -0.1) is 0 Å². The first-order valence-corrected chi connectivity index (χ1v) is 23.5. The normalized spacial score (nSPS) is 9.46. The van der Waals surface area contributed by atoms with Crippen LogP contribution in [0.4, 0.5) is 0 Å². The van der Waals surface area contributed by atoms with Gasteiger partial charge in [0.15, 0.2) is 0 Å². The molecule has 14 nitrogen and oxygen atoms in total. The molecule has 19 heteroatoms. The Labute approximate surface area is 432 Å². The fraction of sp³-hybridized carbons (Fsp3) is 0.0800. The molecule has 8 rings (SSSR count). The van der Waals surface area contributed by atoms with Crippen molar-refractivity contribution in [3.63, 3.8) is 0 Å². The highest BCUT2D eigenvalue weighted by atomic mass is 79.9. The van der Waals surface area contributed by atoms with Crippen LogP contribution >= 0.6 is 63.7 Å². The number of nitrogens with zero attached hydrogens (tertiary/aromatic N) is 12. The van der Waals surface area contributed by atoms with E-state index in [9.17, 15) is 5.26 Å². The average molecular weight is 1170 g/mol. The molecule has 0 saturated carbocycles. The Balaban J connectivity index is 0.000000195. The lowest BCUT2D eigenvalue weighted by Crippen LogP contribution is -2.29. The van der Waals surface area contributed by atoms with Crippen LogP contribution in [0.5, 0.6) is 0 Å². The van der Waals surface area contributed by atoms with E-state index in [0.29, 0.717) is 40.8 Å². The van der Waals surface area contributed by atoms with E-state index in [4.69, 9.17) is 36.4 Å². The second-order valence-corrected chi connectivity index (χ2v) is 17.3. The molecule has 2 N–H and O–H groups in total. The standard InChI is InChI=1S/C17H11N5.C10H7BrN4.C8H5Br2N.C8H6BrN.C7H6BNO2/c18-8-13-2-1-3-14(6-13)15-4-5-16(9-19)17(7-15)10-22-12-20-11-21-22;11-10-2-1-8(4-12)9(3-10)5-15-7-13-6-14-15;9-4-7-3-8(10)2-1-6(7)5-11;1-6-4-8(9)3-2-7(6)5-10;9-5-6-2-1-3-7(4-6)8(10)11/h1-7,11-12H,10H2;1-3,6-7H,5H2;1-3H,4H2;2-4H,1H3;1-4,10-11H. The topological polar surface area (TPSA) is 245 Å². The van der Waals surface area contributed by atoms with Crippen molar-refractivity contribution in [2.75, 3.05) is 0 Å². The number of benzene rings is 6. The van der Waals surface area contributed by atoms with Gasteiger partial charge in [-0.25, -0.2) is 19.3 Å². The molecule has 338 valence electrons. The molecule has 0 bridgehead atoms. The zero-order chi connectivity index (χ0) is 50.1. The Hall–Kier alpha value is -7.56. The fourth-order valence-corrected chi connectivity index (χ4v) is 7.62. The number of hydrogen-bond donors (Lipinski definition) is 2. The van der Waals surface area contributed by atoms with E-state index in [1.807, 2.05) is 79.7 Å². The van der Waals surface area contributed by atoms with Crippen LogP contribution < -0.4 is 5.46 Å². The summed E-state index contributed by atoms with van der Waals surface area (Å²) >= 11 is 13.3. The summed E-state index contributed by atoms with van der Waals surface area (Å²) in [5.41, 5.74) is 9.84. The SMILES string of the molecule is Cc1cc(Br)ccc1C#N.N#Cc1ccc(Br)cc1CBr.N#Cc1ccc(Br)cc1Cn1cncn1.N#Cc1cccc(-c2ccc(C#N)c(Cn3cncn3)c2)c1.N#Cc1cccc(B(O)O)c1. The molecule has 0 saturated heterocycles. The summed E-state index contributed by atoms with van der Waals surface area (Å²) < 4.78 is 6.33. The van der Waals surface area contributed by atoms with Crippen molar-refractivity contribution in [3.05, 3.63) is 216 Å². The van der Waals surface area contributed by atoms with Crippen LogP contribution in [0.15, 0.2) is 160 Å². The van der Waals surface area contributed by atoms with Gasteiger partial charge >= 0.3 is 7.12 Å². The van der Waals surface area contributed by atoms with Gasteiger partial charge in [0.1, 0.15) is 25.3 Å². The molecule has 2 heterocycles. The molecular formula is C50H35BBr4N12O2. The summed E-state index contributed by atoms with van der Waals surface area (Å²) in [4.78, 5) is 7.76. The number of aryl methyl sites for hydroxylation is 1. The van der Waals surface area contributed by atoms with Crippen molar-refractivity contribution in [1.29, 1.82) is 31.6 Å². The number of aromatic nitrogens is 6. The summed E-state index contributed by atoms with van der Waals surface area (Å²) in [5, 5.41) is 79.0. The molecule has 0 aliphatic carbocycles. The van der Waals surface area contributed by atoms with Crippen LogP contribution in [0.1, 0.15) is 55.6 Å². The van der Waals surface area contributed by atoms with Crippen molar-refractivity contribution in [2.24, 2.45) is 0 Å². The third kappa shape index (κ3) is 17.6. The quantitative estimate of drug-likeness (QED) is 0.112. The monoisotopic (exact) mass is 1160 g/mol. The molecular weight excluding hydrogens is 1130 g/mol. The van der Waals surface area contributed by atoms with Gasteiger partial charge in [-0.3, -0.25) is 0 Å². The summed E-state index contributed by atoms with van der Waals surface area (Å²) in [6.07, 6.45) is 6.18. The maximum atomic E-state index is 9.25. The molecule has 6 aromatic carbocycles. The molecule has 0 atom stereocenters. The van der Waals surface area contributed by atoms with E-state index in [-0.39, 0.29) is 0 Å². The highest BCUT2D eigenvalue weighted by Crippen LogP contribution is 2.24. The van der Waals surface area contributed by atoms with Gasteiger partial charge in [0.05, 0.1) is 82.9 Å². The first-order chi connectivity index (χ1) is 33.3. The number of nitriles is 6. The van der Waals surface area contributed by atoms with Crippen LogP contribution in [0.2, 0.25) is 0 Å². The van der Waals surface area contributed by atoms with Crippen LogP contribution in [-0.4, -0.2) is 46.7 Å². The van der Waals surface area contributed by atoms with Crippen LogP contribution in [-0.2, 0) is 18.4 Å². The summed E-state index contributed by atoms with van der Waals surface area (Å²) in [6.45, 7) is 2.96. The molecule has 0 amide bonds. The molecule has 2 aromatic heterocycles. The Kier molecular flexibility index (Phi) is 22.4. The second kappa shape index (κ2) is 28.6. The minimum atomic E-state index is -1.50. The number of hydrogen-bond acceptors (Lipinski definition) is 12. The fourth-order valence-electron chi connectivity index (χ4n) is 5.86. The van der Waals surface area contributed by atoms with Crippen LogP contribution in [0, 0.1) is 74.9 Å². The van der Waals surface area contributed by atoms with Gasteiger partial charge in [0.2, 0.25) is 0 Å². The molecule has 0 spiro atoms. The number of halogens is 4. The van der Waals surface area contributed by atoms with E-state index in [1.54, 1.807) is 70.5 Å². The van der Waals surface area contributed by atoms with Crippen molar-refractivity contribution < 1.29 is 10.0 Å². The minimum absolute atomic E-state index is 0.337. The van der Waals surface area contributed by atoms with Crippen LogP contribution in [0.3, 0.4) is 0 Å². The first-order valence-electron chi connectivity index (χ1n) is 20.0. The number of rotatable bonds is 7. The maximum Gasteiger partial charge on any atom is 0.488 e. The smallest absolute Gasteiger partial charge is 0.423 e. The van der Waals surface area contributed by atoms with Crippen molar-refractivity contribution in [3.8, 4) is 47.5 Å². The second-order valence-electron chi connectivity index (χ2n) is 14.0. The van der Waals surface area contributed by atoms with Crippen LogP contribution in [0.25, 0.3) is 11.1 Å². The molecule has 8 aromatic rings. The molecule has 0 fully saturated rings. The predicted molar refractivity (Wildman–Crippen MR) is 274 cm³/mol. The van der Waals surface area contributed by atoms with E-state index < -0.39 is 7.12 Å². The lowest BCUT2D eigenvalue weighted by Gasteiger charge is -2.08. The first kappa shape index (κ1) is 54.1. The predicted octanol–water partition coefficient (Wildman–Crippen LogP) is 9.78. The van der Waals surface area contributed by atoms with Gasteiger partial charge in [-0.1, -0.05) is 94.1 Å². The van der Waals surface area contributed by atoms with E-state index in [2.05, 4.69) is 114 Å². The summed E-state index contributed by atoms with van der Waals surface area (Å²) in [5.74, 6) is 0. The Bertz CT molecular complexity index is 3240. The third-order valence-electron chi connectivity index (χ3n) is 9.29. The van der Waals surface area contributed by atoms with Gasteiger partial charge in [0.25, 0.3) is 0 Å². The average Bonchev–Trinajstić information content (AvgIpc) is 4.10. The summed E-state index contributed by atoms with van der Waals surface area (Å²) in [6, 6.07) is 48.6. The molecule has 0 unspecified atom stereocenters.